The number of benzene rings is 2. The van der Waals surface area contributed by atoms with E-state index >= 15 is 0 Å². The van der Waals surface area contributed by atoms with Gasteiger partial charge in [-0.3, -0.25) is 14.4 Å². The van der Waals surface area contributed by atoms with Gasteiger partial charge in [-0.1, -0.05) is 12.1 Å². The average Bonchev–Trinajstić information content (AvgIpc) is 2.89. The highest BCUT2D eigenvalue weighted by atomic mass is 19.1. The first-order valence-corrected chi connectivity index (χ1v) is 10.3. The van der Waals surface area contributed by atoms with Crippen LogP contribution in [0.5, 0.6) is 0 Å². The third-order valence-corrected chi connectivity index (χ3v) is 6.58. The lowest BCUT2D eigenvalue weighted by Gasteiger charge is -2.48. The van der Waals surface area contributed by atoms with Crippen molar-refractivity contribution in [2.45, 2.75) is 30.8 Å². The minimum atomic E-state index is -1.24. The molecule has 1 aliphatic carbocycles. The predicted molar refractivity (Wildman–Crippen MR) is 107 cm³/mol. The molecule has 2 saturated heterocycles. The monoisotopic (exact) mass is 425 g/mol. The minimum absolute atomic E-state index is 0.178. The normalized spacial score (nSPS) is 24.5. The Labute approximate surface area is 177 Å². The second-order valence-electron chi connectivity index (χ2n) is 8.38. The molecule has 2 atom stereocenters. The molecular formula is C23H21F2N3O3. The summed E-state index contributed by atoms with van der Waals surface area (Å²) in [6.45, 7) is 0.115. The summed E-state index contributed by atoms with van der Waals surface area (Å²) in [6.07, 6.45) is 1.10. The van der Waals surface area contributed by atoms with Crippen molar-refractivity contribution in [3.63, 3.8) is 0 Å². The number of carbonyl (C=O) groups is 3. The molecule has 2 aliphatic heterocycles. The number of carbonyl (C=O) groups excluding carboxylic acids is 3. The first-order valence-electron chi connectivity index (χ1n) is 10.3. The van der Waals surface area contributed by atoms with E-state index < -0.39 is 29.6 Å². The maximum Gasteiger partial charge on any atom is 0.249 e. The van der Waals surface area contributed by atoms with E-state index in [1.807, 2.05) is 0 Å². The SMILES string of the molecule is CN1CC(C2c3ccc(F)cc3CCc3cc(F)ccc32)N2NCC(=O)C(=O)C2C1=O. The van der Waals surface area contributed by atoms with E-state index in [-0.39, 0.29) is 24.1 Å². The van der Waals surface area contributed by atoms with Gasteiger partial charge in [0.25, 0.3) is 0 Å². The van der Waals surface area contributed by atoms with Crippen LogP contribution in [-0.4, -0.2) is 59.6 Å². The van der Waals surface area contributed by atoms with Crippen molar-refractivity contribution in [3.05, 3.63) is 70.3 Å². The van der Waals surface area contributed by atoms with Gasteiger partial charge in [-0.05, 0) is 59.4 Å². The molecule has 0 saturated carbocycles. The molecule has 0 spiro atoms. The Morgan fingerprint density at radius 1 is 0.935 bits per heavy atom. The Morgan fingerprint density at radius 2 is 1.52 bits per heavy atom. The number of nitrogens with zero attached hydrogens (tertiary/aromatic N) is 2. The van der Waals surface area contributed by atoms with Crippen LogP contribution in [0.15, 0.2) is 36.4 Å². The molecule has 1 amide bonds. The van der Waals surface area contributed by atoms with Gasteiger partial charge < -0.3 is 4.90 Å². The Hall–Kier alpha value is -2.97. The van der Waals surface area contributed by atoms with E-state index in [0.29, 0.717) is 19.4 Å². The van der Waals surface area contributed by atoms with Gasteiger partial charge in [0.05, 0.1) is 12.6 Å². The zero-order chi connectivity index (χ0) is 21.9. The van der Waals surface area contributed by atoms with Crippen LogP contribution in [0.1, 0.15) is 28.2 Å². The largest absolute Gasteiger partial charge is 0.342 e. The van der Waals surface area contributed by atoms with Gasteiger partial charge in [-0.2, -0.15) is 0 Å². The van der Waals surface area contributed by atoms with Crippen molar-refractivity contribution < 1.29 is 23.2 Å². The van der Waals surface area contributed by atoms with Crippen molar-refractivity contribution in [2.24, 2.45) is 0 Å². The summed E-state index contributed by atoms with van der Waals surface area (Å²) in [5, 5.41) is 1.59. The van der Waals surface area contributed by atoms with Gasteiger partial charge in [0, 0.05) is 19.5 Å². The molecule has 2 heterocycles. The number of nitrogens with one attached hydrogen (secondary N) is 1. The van der Waals surface area contributed by atoms with Gasteiger partial charge in [0.2, 0.25) is 17.5 Å². The molecule has 0 aromatic heterocycles. The van der Waals surface area contributed by atoms with E-state index in [0.717, 1.165) is 22.3 Å². The molecule has 3 aliphatic rings. The van der Waals surface area contributed by atoms with E-state index in [1.165, 1.54) is 29.2 Å². The molecule has 31 heavy (non-hydrogen) atoms. The van der Waals surface area contributed by atoms with Crippen molar-refractivity contribution in [2.75, 3.05) is 20.1 Å². The van der Waals surface area contributed by atoms with Crippen molar-refractivity contribution >= 4 is 17.5 Å². The second kappa shape index (κ2) is 7.32. The van der Waals surface area contributed by atoms with Gasteiger partial charge in [0.1, 0.15) is 11.6 Å². The van der Waals surface area contributed by atoms with Crippen LogP contribution in [0.25, 0.3) is 0 Å². The number of fused-ring (bicyclic) bond motifs is 3. The summed E-state index contributed by atoms with van der Waals surface area (Å²) in [7, 11) is 1.60. The highest BCUT2D eigenvalue weighted by Gasteiger charge is 2.51. The Bertz CT molecular complexity index is 1070. The van der Waals surface area contributed by atoms with Crippen molar-refractivity contribution in [3.8, 4) is 0 Å². The number of Topliss-reactive ketones (excluding diaryl/α,β-unsaturated/α-hetero) is 2. The summed E-state index contributed by atoms with van der Waals surface area (Å²) in [5.41, 5.74) is 6.36. The topological polar surface area (TPSA) is 69.7 Å². The standard InChI is InChI=1S/C23H21F2N3O3/c1-27-11-18(28-21(23(27)31)22(30)19(29)10-26-28)20-16-6-4-14(24)8-12(16)2-3-13-9-15(25)5-7-17(13)20/h4-9,18,20-21,26H,2-3,10-11H2,1H3. The van der Waals surface area contributed by atoms with Crippen LogP contribution in [0.3, 0.4) is 0 Å². The number of hydrazine groups is 1. The summed E-state index contributed by atoms with van der Waals surface area (Å²) >= 11 is 0. The quantitative estimate of drug-likeness (QED) is 0.552. The number of hydrogen-bond acceptors (Lipinski definition) is 5. The molecule has 6 nitrogen and oxygen atoms in total. The lowest BCUT2D eigenvalue weighted by Crippen LogP contribution is -2.73. The van der Waals surface area contributed by atoms with Crippen LogP contribution in [0.2, 0.25) is 0 Å². The van der Waals surface area contributed by atoms with Gasteiger partial charge in [-0.15, -0.1) is 0 Å². The average molecular weight is 425 g/mol. The lowest BCUT2D eigenvalue weighted by molar-refractivity contribution is -0.161. The fraction of sp³-hybridized carbons (Fsp3) is 0.348. The number of likely N-dealkylation sites (N-methyl/N-ethyl adjacent to an activating group) is 1. The maximum atomic E-state index is 14.0. The first kappa shape index (κ1) is 20.0. The maximum absolute atomic E-state index is 14.0. The van der Waals surface area contributed by atoms with Crippen LogP contribution < -0.4 is 5.43 Å². The zero-order valence-corrected chi connectivity index (χ0v) is 16.9. The van der Waals surface area contributed by atoms with Crippen molar-refractivity contribution in [1.29, 1.82) is 0 Å². The summed E-state index contributed by atoms with van der Waals surface area (Å²) in [6, 6.07) is 7.61. The fourth-order valence-electron chi connectivity index (χ4n) is 5.13. The summed E-state index contributed by atoms with van der Waals surface area (Å²) < 4.78 is 28.1. The Balaban J connectivity index is 1.69. The molecule has 0 radical (unpaired) electrons. The van der Waals surface area contributed by atoms with Crippen LogP contribution in [-0.2, 0) is 27.2 Å². The minimum Gasteiger partial charge on any atom is -0.342 e. The van der Waals surface area contributed by atoms with Gasteiger partial charge in [0.15, 0.2) is 6.04 Å². The number of aryl methyl sites for hydroxylation is 2. The third kappa shape index (κ3) is 3.18. The number of halogens is 2. The number of piperazine rings is 1. The van der Waals surface area contributed by atoms with Gasteiger partial charge in [-0.25, -0.2) is 19.2 Å². The highest BCUT2D eigenvalue weighted by Crippen LogP contribution is 2.40. The van der Waals surface area contributed by atoms with Crippen LogP contribution in [0, 0.1) is 11.6 Å². The second-order valence-corrected chi connectivity index (χ2v) is 8.38. The smallest absolute Gasteiger partial charge is 0.249 e. The first-order chi connectivity index (χ1) is 14.8. The number of amides is 1. The van der Waals surface area contributed by atoms with Crippen LogP contribution in [0.4, 0.5) is 8.78 Å². The molecule has 2 aromatic rings. The molecule has 0 bridgehead atoms. The van der Waals surface area contributed by atoms with E-state index in [9.17, 15) is 23.2 Å². The molecule has 2 fully saturated rings. The Morgan fingerprint density at radius 3 is 2.10 bits per heavy atom. The lowest BCUT2D eigenvalue weighted by atomic mass is 9.80. The molecule has 160 valence electrons. The Kier molecular flexibility index (Phi) is 4.71. The predicted octanol–water partition coefficient (Wildman–Crippen LogP) is 1.36. The summed E-state index contributed by atoms with van der Waals surface area (Å²) in [5.74, 6) is -2.84. The fourth-order valence-corrected chi connectivity index (χ4v) is 5.13. The molecule has 1 N–H and O–H groups in total. The van der Waals surface area contributed by atoms with E-state index in [2.05, 4.69) is 5.43 Å². The van der Waals surface area contributed by atoms with Crippen LogP contribution >= 0.6 is 0 Å². The molecule has 5 rings (SSSR count). The third-order valence-electron chi connectivity index (χ3n) is 6.58. The van der Waals surface area contributed by atoms with E-state index in [1.54, 1.807) is 24.2 Å². The highest BCUT2D eigenvalue weighted by molar-refractivity contribution is 6.44. The molecule has 2 unspecified atom stereocenters. The molecule has 2 aromatic carbocycles. The molecule has 8 heteroatoms. The van der Waals surface area contributed by atoms with E-state index in [4.69, 9.17) is 0 Å². The molecular weight excluding hydrogens is 404 g/mol. The summed E-state index contributed by atoms with van der Waals surface area (Å²) in [4.78, 5) is 38.9. The number of rotatable bonds is 1. The van der Waals surface area contributed by atoms with Crippen molar-refractivity contribution in [1.82, 2.24) is 15.3 Å². The zero-order valence-electron chi connectivity index (χ0n) is 16.9. The number of hydrogen-bond donors (Lipinski definition) is 1. The number of ketones is 2. The van der Waals surface area contributed by atoms with Gasteiger partial charge >= 0.3 is 0 Å².